The number of carbonyl (C=O) groups is 1. The van der Waals surface area contributed by atoms with Gasteiger partial charge in [-0.15, -0.1) is 0 Å². The summed E-state index contributed by atoms with van der Waals surface area (Å²) < 4.78 is 14.0. The molecular formula is C29H31N5O4. The topological polar surface area (TPSA) is 103 Å². The van der Waals surface area contributed by atoms with Crippen LogP contribution < -0.4 is 4.74 Å². The van der Waals surface area contributed by atoms with Crippen LogP contribution in [0.3, 0.4) is 0 Å². The molecule has 9 heteroatoms. The van der Waals surface area contributed by atoms with Crippen molar-refractivity contribution in [1.29, 1.82) is 0 Å². The third-order valence-corrected chi connectivity index (χ3v) is 7.27. The number of benzene rings is 1. The fourth-order valence-electron chi connectivity index (χ4n) is 5.10. The molecule has 1 aromatic carbocycles. The molecule has 9 nitrogen and oxygen atoms in total. The number of aromatic nitrogens is 4. The molecule has 2 aliphatic heterocycles. The highest BCUT2D eigenvalue weighted by molar-refractivity contribution is 5.88. The van der Waals surface area contributed by atoms with E-state index >= 15 is 0 Å². The Morgan fingerprint density at radius 1 is 0.974 bits per heavy atom. The van der Waals surface area contributed by atoms with Crippen LogP contribution in [0.2, 0.25) is 0 Å². The van der Waals surface area contributed by atoms with E-state index in [9.17, 15) is 9.90 Å². The van der Waals surface area contributed by atoms with Gasteiger partial charge in [-0.1, -0.05) is 36.4 Å². The van der Waals surface area contributed by atoms with Crippen LogP contribution in [0.1, 0.15) is 46.8 Å². The van der Waals surface area contributed by atoms with E-state index in [-0.39, 0.29) is 17.9 Å². The Bertz CT molecular complexity index is 1410. The summed E-state index contributed by atoms with van der Waals surface area (Å²) in [7, 11) is 0. The highest BCUT2D eigenvalue weighted by Crippen LogP contribution is 2.24. The number of likely N-dealkylation sites (tertiary alicyclic amines) is 1. The summed E-state index contributed by atoms with van der Waals surface area (Å²) in [5.41, 5.74) is 3.58. The zero-order chi connectivity index (χ0) is 25.9. The van der Waals surface area contributed by atoms with Crippen molar-refractivity contribution < 1.29 is 19.4 Å². The number of ether oxygens (including phenoxy) is 2. The van der Waals surface area contributed by atoms with Gasteiger partial charge in [0, 0.05) is 37.9 Å². The van der Waals surface area contributed by atoms with E-state index in [1.54, 1.807) is 6.07 Å². The third-order valence-electron chi connectivity index (χ3n) is 7.27. The highest BCUT2D eigenvalue weighted by atomic mass is 16.5. The first-order chi connectivity index (χ1) is 18.6. The zero-order valence-corrected chi connectivity index (χ0v) is 21.2. The average Bonchev–Trinajstić information content (AvgIpc) is 3.24. The van der Waals surface area contributed by atoms with Crippen LogP contribution in [-0.2, 0) is 24.2 Å². The standard InChI is InChI=1S/C29H31N5O4/c35-29(36)25-10-9-24-28(32-25)34(18-23-13-16-37-23)26(31-24)19-33-14-11-22(12-15-33)38-27-8-4-7-21(30-27)17-20-5-2-1-3-6-20/h1-10,22-23H,11-19H2,(H,35,36). The Morgan fingerprint density at radius 2 is 1.79 bits per heavy atom. The van der Waals surface area contributed by atoms with Gasteiger partial charge in [0.05, 0.1) is 19.2 Å². The Kier molecular flexibility index (Phi) is 7.02. The lowest BCUT2D eigenvalue weighted by molar-refractivity contribution is -0.0593. The molecule has 0 saturated carbocycles. The number of pyridine rings is 2. The maximum absolute atomic E-state index is 11.5. The average molecular weight is 514 g/mol. The van der Waals surface area contributed by atoms with E-state index in [1.165, 1.54) is 11.6 Å². The second kappa shape index (κ2) is 10.9. The van der Waals surface area contributed by atoms with Crippen molar-refractivity contribution in [3.63, 3.8) is 0 Å². The van der Waals surface area contributed by atoms with Crippen LogP contribution in [0, 0.1) is 0 Å². The first-order valence-electron chi connectivity index (χ1n) is 13.2. The lowest BCUT2D eigenvalue weighted by atomic mass is 10.1. The molecule has 4 aromatic rings. The fraction of sp³-hybridized carbons (Fsp3) is 0.379. The van der Waals surface area contributed by atoms with Crippen LogP contribution in [-0.4, -0.2) is 67.4 Å². The summed E-state index contributed by atoms with van der Waals surface area (Å²) in [4.78, 5) is 27.8. The SMILES string of the molecule is O=C(O)c1ccc2nc(CN3CCC(Oc4cccc(Cc5ccccc5)n4)CC3)n(CC3CCO3)c2n1. The van der Waals surface area contributed by atoms with Gasteiger partial charge in [-0.2, -0.15) is 0 Å². The van der Waals surface area contributed by atoms with Crippen molar-refractivity contribution in [2.24, 2.45) is 0 Å². The number of carboxylic acids is 1. The van der Waals surface area contributed by atoms with Crippen LogP contribution in [0.25, 0.3) is 11.2 Å². The number of imidazole rings is 1. The normalized spacial score (nSPS) is 18.4. The molecule has 0 radical (unpaired) electrons. The molecule has 2 fully saturated rings. The maximum atomic E-state index is 11.5. The predicted molar refractivity (Wildman–Crippen MR) is 141 cm³/mol. The van der Waals surface area contributed by atoms with Gasteiger partial charge < -0.3 is 19.1 Å². The summed E-state index contributed by atoms with van der Waals surface area (Å²) in [6.07, 6.45) is 3.81. The minimum Gasteiger partial charge on any atom is -0.477 e. The second-order valence-corrected chi connectivity index (χ2v) is 9.99. The van der Waals surface area contributed by atoms with E-state index in [0.29, 0.717) is 30.1 Å². The summed E-state index contributed by atoms with van der Waals surface area (Å²) in [6.45, 7) is 3.82. The van der Waals surface area contributed by atoms with Crippen LogP contribution in [0.15, 0.2) is 60.7 Å². The van der Waals surface area contributed by atoms with Gasteiger partial charge in [0.15, 0.2) is 11.3 Å². The summed E-state index contributed by atoms with van der Waals surface area (Å²) in [5.74, 6) is 0.530. The van der Waals surface area contributed by atoms with Crippen molar-refractivity contribution in [3.8, 4) is 5.88 Å². The molecule has 2 aliphatic rings. The lowest BCUT2D eigenvalue weighted by Gasteiger charge is -2.32. The smallest absolute Gasteiger partial charge is 0.354 e. The van der Waals surface area contributed by atoms with Crippen molar-refractivity contribution >= 4 is 17.1 Å². The second-order valence-electron chi connectivity index (χ2n) is 9.99. The number of carboxylic acid groups (broad SMARTS) is 1. The number of nitrogens with zero attached hydrogens (tertiary/aromatic N) is 5. The highest BCUT2D eigenvalue weighted by Gasteiger charge is 2.26. The molecule has 1 unspecified atom stereocenters. The Hall–Kier alpha value is -3.82. The number of rotatable bonds is 9. The number of piperidine rings is 1. The van der Waals surface area contributed by atoms with Crippen molar-refractivity contribution in [3.05, 3.63) is 83.4 Å². The van der Waals surface area contributed by atoms with Gasteiger partial charge in [-0.25, -0.2) is 19.7 Å². The monoisotopic (exact) mass is 513 g/mol. The van der Waals surface area contributed by atoms with E-state index in [1.807, 2.05) is 41.0 Å². The van der Waals surface area contributed by atoms with Gasteiger partial charge in [0.1, 0.15) is 17.4 Å². The molecule has 0 amide bonds. The number of aromatic carboxylic acids is 1. The quantitative estimate of drug-likeness (QED) is 0.359. The van der Waals surface area contributed by atoms with Gasteiger partial charge in [0.2, 0.25) is 5.88 Å². The van der Waals surface area contributed by atoms with E-state index in [4.69, 9.17) is 19.4 Å². The molecular weight excluding hydrogens is 482 g/mol. The summed E-state index contributed by atoms with van der Waals surface area (Å²) >= 11 is 0. The van der Waals surface area contributed by atoms with E-state index < -0.39 is 5.97 Å². The van der Waals surface area contributed by atoms with Crippen LogP contribution in [0.5, 0.6) is 5.88 Å². The molecule has 196 valence electrons. The predicted octanol–water partition coefficient (Wildman–Crippen LogP) is 3.95. The Labute approximate surface area is 221 Å². The maximum Gasteiger partial charge on any atom is 0.354 e. The summed E-state index contributed by atoms with van der Waals surface area (Å²) in [6, 6.07) is 19.6. The molecule has 0 spiro atoms. The van der Waals surface area contributed by atoms with E-state index in [0.717, 1.165) is 56.9 Å². The molecule has 6 rings (SSSR count). The molecule has 5 heterocycles. The largest absolute Gasteiger partial charge is 0.477 e. The van der Waals surface area contributed by atoms with Crippen LogP contribution >= 0.6 is 0 Å². The first-order valence-corrected chi connectivity index (χ1v) is 13.2. The summed E-state index contributed by atoms with van der Waals surface area (Å²) in [5, 5.41) is 9.41. The van der Waals surface area contributed by atoms with Crippen LogP contribution in [0.4, 0.5) is 0 Å². The van der Waals surface area contributed by atoms with Crippen molar-refractivity contribution in [2.75, 3.05) is 19.7 Å². The minimum absolute atomic E-state index is 0.0270. The fourth-order valence-corrected chi connectivity index (χ4v) is 5.10. The zero-order valence-electron chi connectivity index (χ0n) is 21.2. The Balaban J connectivity index is 1.10. The Morgan fingerprint density at radius 3 is 2.53 bits per heavy atom. The van der Waals surface area contributed by atoms with Crippen molar-refractivity contribution in [2.45, 2.75) is 51.0 Å². The number of fused-ring (bicyclic) bond motifs is 1. The minimum atomic E-state index is -1.04. The molecule has 3 aromatic heterocycles. The van der Waals surface area contributed by atoms with Gasteiger partial charge in [0.25, 0.3) is 0 Å². The molecule has 1 N–H and O–H groups in total. The molecule has 2 saturated heterocycles. The van der Waals surface area contributed by atoms with Gasteiger partial charge in [-0.05, 0) is 43.0 Å². The molecule has 0 aliphatic carbocycles. The first kappa shape index (κ1) is 24.5. The third kappa shape index (κ3) is 5.54. The lowest BCUT2D eigenvalue weighted by Crippen LogP contribution is -2.39. The molecule has 1 atom stereocenters. The van der Waals surface area contributed by atoms with Gasteiger partial charge in [-0.3, -0.25) is 4.90 Å². The number of hydrogen-bond acceptors (Lipinski definition) is 7. The molecule has 38 heavy (non-hydrogen) atoms. The molecule has 0 bridgehead atoms. The number of hydrogen-bond donors (Lipinski definition) is 1. The van der Waals surface area contributed by atoms with Crippen molar-refractivity contribution in [1.82, 2.24) is 24.4 Å². The van der Waals surface area contributed by atoms with Gasteiger partial charge >= 0.3 is 5.97 Å². The van der Waals surface area contributed by atoms with E-state index in [2.05, 4.69) is 22.0 Å².